The molecule has 2 aliphatic rings. The standard InChI is InChI=1S/C91H122N32O16S2/c1-121-70(28-16-32-104-90(96)97)83(135)116-62(36-52-41-106-58-24-12-10-22-56(52)58)78(130)115-65(40-74(125)126)81(133)112-60(26-14-30-102-88(92)93)76(128)120-69-47-141-140-46-68(75(127)108-45-73(124)111-63(38-54-43-100-48-109-54)79(131)117-66(85(121)137)34-50-18-6-4-7-19-50)119-77(129)61(27-15-31-103-89(94)95)113-84(136)72(37-53-42-107-59-25-13-11-23-57(53)59)123(3)87(139)71(29-17-33-105-91(98)99)122(2)86(138)67(35-51-20-8-5-9-21-51)118-80(132)64(114-82(69)134)39-55-44-101-49-110-55/h4-13,18-25,41-44,48-49,60-72,106-107H,14-17,26-40,45-47H2,1-3H3,(H,100,109)(H,101,110)(H,108,127)(H,111,124)(H,112,133)(H,113,136)(H,114,134)(H,115,130)(H,116,135)(H,117,131)(H,118,132)(H,119,129)(H,120,128)(H,125,126)(H4,92,93,102)(H4,94,95,103)(H4,96,97,104)(H4,98,99,105)/t60-,61-,62-,63-,64-,65+,66+,67+,68-,69-,70-,71-,72-/m0/s1. The number of carboxylic acid groups (broad SMARTS) is 1. The topological polar surface area (TPSA) is 755 Å². The number of carbonyl (C=O) groups is 15. The molecule has 4 aromatic carbocycles. The van der Waals surface area contributed by atoms with Crippen LogP contribution in [0.1, 0.15) is 91.4 Å². The van der Waals surface area contributed by atoms with Gasteiger partial charge in [-0.2, -0.15) is 0 Å². The van der Waals surface area contributed by atoms with Gasteiger partial charge in [0.05, 0.1) is 37.0 Å². The predicted octanol–water partition coefficient (Wildman–Crippen LogP) is -3.77. The fourth-order valence-electron chi connectivity index (χ4n) is 16.1. The van der Waals surface area contributed by atoms with Crippen LogP contribution in [0.4, 0.5) is 0 Å². The lowest BCUT2D eigenvalue weighted by molar-refractivity contribution is -0.149. The average Bonchev–Trinajstić information content (AvgIpc) is 1.79. The fourth-order valence-corrected chi connectivity index (χ4v) is 18.5. The number of guanidine groups is 4. The van der Waals surface area contributed by atoms with Crippen molar-refractivity contribution in [1.82, 2.24) is 124 Å². The second-order valence-corrected chi connectivity index (χ2v) is 36.5. The smallest absolute Gasteiger partial charge is 0.305 e. The van der Waals surface area contributed by atoms with Gasteiger partial charge in [0.1, 0.15) is 78.5 Å². The molecule has 48 nitrogen and oxygen atoms in total. The van der Waals surface area contributed by atoms with Crippen LogP contribution in [0, 0.1) is 21.6 Å². The molecule has 2 fully saturated rings. The van der Waals surface area contributed by atoms with Gasteiger partial charge >= 0.3 is 5.97 Å². The maximum absolute atomic E-state index is 16.0. The molecule has 50 heteroatoms. The number of rotatable bonds is 30. The summed E-state index contributed by atoms with van der Waals surface area (Å²) in [4.78, 5) is 255. The normalized spacial score (nSPS) is 22.3. The first-order chi connectivity index (χ1) is 67.6. The van der Waals surface area contributed by atoms with E-state index in [1.807, 2.05) is 0 Å². The highest BCUT2D eigenvalue weighted by Gasteiger charge is 2.43. The minimum atomic E-state index is -2.13. The van der Waals surface area contributed by atoms with E-state index in [1.165, 1.54) is 46.2 Å². The average molecular weight is 1980 g/mol. The van der Waals surface area contributed by atoms with Crippen molar-refractivity contribution in [3.05, 3.63) is 180 Å². The molecule has 2 aliphatic heterocycles. The van der Waals surface area contributed by atoms with Gasteiger partial charge in [-0.15, -0.1) is 0 Å². The molecule has 2 bridgehead atoms. The van der Waals surface area contributed by atoms with Crippen LogP contribution in [0.15, 0.2) is 147 Å². The van der Waals surface area contributed by atoms with Crippen molar-refractivity contribution in [2.75, 3.05) is 65.4 Å². The Labute approximate surface area is 818 Å². The lowest BCUT2D eigenvalue weighted by atomic mass is 9.99. The van der Waals surface area contributed by atoms with Crippen molar-refractivity contribution >= 4 is 156 Å². The number of nitrogens with zero attached hydrogens (tertiary/aromatic N) is 5. The molecule has 4 aromatic heterocycles. The first-order valence-electron chi connectivity index (χ1n) is 45.6. The predicted molar refractivity (Wildman–Crippen MR) is 525 cm³/mol. The summed E-state index contributed by atoms with van der Waals surface area (Å²) in [5.74, 6) is -19.3. The summed E-state index contributed by atoms with van der Waals surface area (Å²) in [7, 11) is 5.45. The molecule has 13 atom stereocenters. The number of nitrogens with two attached hydrogens (primary N) is 4. The van der Waals surface area contributed by atoms with Crippen LogP contribution in [0.2, 0.25) is 0 Å². The lowest BCUT2D eigenvalue weighted by Crippen LogP contribution is -2.62. The van der Waals surface area contributed by atoms with Gasteiger partial charge in [0.15, 0.2) is 23.8 Å². The lowest BCUT2D eigenvalue weighted by Gasteiger charge is -2.36. The van der Waals surface area contributed by atoms with Gasteiger partial charge in [-0.25, -0.2) is 9.97 Å². The highest BCUT2D eigenvalue weighted by atomic mass is 33.1. The largest absolute Gasteiger partial charge is 0.481 e. The number of amides is 14. The summed E-state index contributed by atoms with van der Waals surface area (Å²) in [6.07, 6.45) is 4.12. The third-order valence-corrected chi connectivity index (χ3v) is 26.0. The van der Waals surface area contributed by atoms with Gasteiger partial charge in [0, 0.05) is 144 Å². The van der Waals surface area contributed by atoms with Gasteiger partial charge < -0.3 is 142 Å². The van der Waals surface area contributed by atoms with Crippen LogP contribution in [0.25, 0.3) is 21.8 Å². The quantitative estimate of drug-likeness (QED) is 0.00889. The SMILES string of the molecule is CN1C(=O)[C@@H](Cc2ccccc2)NC(=O)[C@H](Cc2c[nH]cn2)NC(=O)CNC(=O)[C@@H]2CSSC[C@H](NC(=O)[C@H](CCCNC(=N)N)NC(=O)[C@@H](CC(=O)O)NC(=O)[C@H](Cc3c[nH]c4ccccc34)NC(=O)[C@@H]1CCCNC(=N)N)C(=O)N[C@@H](Cc1c[nH]cn1)C(=O)N[C@H](Cc1ccccc1)C(=O)N(C)[C@@H](CCCNC(=N)N)C(=O)N(C)[C@@H](Cc1c[nH]c3ccccc13)C(=O)N[C@@H](CCCNC(=N)N)C(=O)N2. The monoisotopic (exact) mass is 1980 g/mol. The van der Waals surface area contributed by atoms with Crippen molar-refractivity contribution in [3.63, 3.8) is 0 Å². The molecule has 141 heavy (non-hydrogen) atoms. The molecular weight excluding hydrogens is 1860 g/mol. The highest BCUT2D eigenvalue weighted by molar-refractivity contribution is 8.76. The molecule has 0 spiro atoms. The summed E-state index contributed by atoms with van der Waals surface area (Å²) in [5.41, 5.74) is 26.4. The maximum Gasteiger partial charge on any atom is 0.305 e. The molecule has 754 valence electrons. The second kappa shape index (κ2) is 53.2. The summed E-state index contributed by atoms with van der Waals surface area (Å²) in [6.45, 7) is -1.24. The number of carboxylic acids is 1. The summed E-state index contributed by atoms with van der Waals surface area (Å²) >= 11 is 0. The molecule has 0 unspecified atom stereocenters. The number of aliphatic carboxylic acids is 1. The Morgan fingerprint density at radius 3 is 1.21 bits per heavy atom. The maximum atomic E-state index is 16.0. The van der Waals surface area contributed by atoms with E-state index in [9.17, 15) is 14.7 Å². The van der Waals surface area contributed by atoms with E-state index in [0.29, 0.717) is 44.1 Å². The molecule has 2 saturated heterocycles. The minimum Gasteiger partial charge on any atom is -0.481 e. The van der Waals surface area contributed by atoms with Crippen LogP contribution in [0.5, 0.6) is 0 Å². The Morgan fingerprint density at radius 1 is 0.383 bits per heavy atom. The number of hydrogen-bond acceptors (Lipinski definition) is 23. The number of hydrogen-bond donors (Lipinski definition) is 28. The van der Waals surface area contributed by atoms with Gasteiger partial charge in [0.2, 0.25) is 82.7 Å². The number of likely N-dealkylation sites (N-methyl/N-ethyl adjacent to an activating group) is 3. The fraction of sp³-hybridized carbons (Fsp3) is 0.418. The Morgan fingerprint density at radius 2 is 0.745 bits per heavy atom. The molecule has 8 aromatic rings. The molecular formula is C91H122N32O16S2. The number of aromatic nitrogens is 6. The zero-order chi connectivity index (χ0) is 102. The van der Waals surface area contributed by atoms with Gasteiger partial charge in [0.25, 0.3) is 0 Å². The molecule has 32 N–H and O–H groups in total. The van der Waals surface area contributed by atoms with Crippen molar-refractivity contribution in [2.24, 2.45) is 22.9 Å². The Kier molecular flexibility index (Phi) is 40.5. The van der Waals surface area contributed by atoms with E-state index < -0.39 is 235 Å². The van der Waals surface area contributed by atoms with Crippen LogP contribution in [0.3, 0.4) is 0 Å². The Bertz CT molecular complexity index is 5710. The van der Waals surface area contributed by atoms with Crippen molar-refractivity contribution in [1.29, 1.82) is 21.6 Å². The number of H-pyrrole nitrogens is 4. The molecule has 0 saturated carbocycles. The minimum absolute atomic E-state index is 0.00187. The number of aromatic amines is 4. The van der Waals surface area contributed by atoms with Crippen LogP contribution >= 0.6 is 21.6 Å². The summed E-state index contributed by atoms with van der Waals surface area (Å²) < 4.78 is 0. The van der Waals surface area contributed by atoms with Crippen LogP contribution in [-0.2, 0) is 110 Å². The van der Waals surface area contributed by atoms with E-state index in [1.54, 1.807) is 122 Å². The number of para-hydroxylation sites is 2. The molecule has 0 aliphatic carbocycles. The van der Waals surface area contributed by atoms with Gasteiger partial charge in [-0.05, 0) is 85.8 Å². The third-order valence-electron chi connectivity index (χ3n) is 23.6. The van der Waals surface area contributed by atoms with Gasteiger partial charge in [-0.3, -0.25) is 93.6 Å². The number of imidazole rings is 2. The van der Waals surface area contributed by atoms with E-state index in [0.717, 1.165) is 36.3 Å². The summed E-state index contributed by atoms with van der Waals surface area (Å²) in [5, 5.41) is 83.7. The molecule has 0 radical (unpaired) electrons. The second-order valence-electron chi connectivity index (χ2n) is 33.9. The van der Waals surface area contributed by atoms with E-state index in [2.05, 4.69) is 110 Å². The van der Waals surface area contributed by atoms with Crippen LogP contribution in [-0.4, -0.2) is 306 Å². The third kappa shape index (κ3) is 32.7. The first kappa shape index (κ1) is 107. The van der Waals surface area contributed by atoms with Crippen LogP contribution < -0.4 is 103 Å². The van der Waals surface area contributed by atoms with E-state index in [4.69, 9.17) is 44.6 Å². The Hall–Kier alpha value is -15.8. The van der Waals surface area contributed by atoms with Crippen molar-refractivity contribution in [3.8, 4) is 0 Å². The molecule has 14 amide bonds. The van der Waals surface area contributed by atoms with Crippen molar-refractivity contribution < 1.29 is 77.0 Å². The first-order valence-corrected chi connectivity index (χ1v) is 48.1. The Balaban J connectivity index is 1.13. The zero-order valence-corrected chi connectivity index (χ0v) is 79.5. The number of fused-ring (bicyclic) bond motifs is 7. The molecule has 10 rings (SSSR count). The number of carbonyl (C=O) groups excluding carboxylic acids is 14. The summed E-state index contributed by atoms with van der Waals surface area (Å²) in [6, 6.07) is 8.33. The number of benzene rings is 4. The zero-order valence-electron chi connectivity index (χ0n) is 77.9. The number of nitrogens with one attached hydrogen (secondary N) is 23. The molecule has 6 heterocycles. The van der Waals surface area contributed by atoms with Gasteiger partial charge in [-0.1, -0.05) is 119 Å². The van der Waals surface area contributed by atoms with E-state index >= 15 is 62.3 Å². The van der Waals surface area contributed by atoms with Crippen molar-refractivity contribution in [2.45, 2.75) is 175 Å². The van der Waals surface area contributed by atoms with E-state index in [-0.39, 0.29) is 108 Å². The highest BCUT2D eigenvalue weighted by Crippen LogP contribution is 2.28.